The SMILES string of the molecule is Cc1ccc2oc(=O)n(CN3CCC(c4nc5ccccc5s4)CC3)c2c1. The Morgan fingerprint density at radius 3 is 2.81 bits per heavy atom. The standard InChI is InChI=1S/C21H21N3O2S/c1-14-6-7-18-17(12-14)24(21(25)26-18)13-23-10-8-15(9-11-23)20-22-16-4-2-3-5-19(16)27-20/h2-7,12,15H,8-11,13H2,1H3. The van der Waals surface area contributed by atoms with Crippen molar-refractivity contribution in [2.24, 2.45) is 0 Å². The van der Waals surface area contributed by atoms with Crippen molar-refractivity contribution >= 4 is 32.7 Å². The Hall–Kier alpha value is -2.44. The Morgan fingerprint density at radius 2 is 2.00 bits per heavy atom. The van der Waals surface area contributed by atoms with Gasteiger partial charge in [0.25, 0.3) is 0 Å². The average molecular weight is 379 g/mol. The quantitative estimate of drug-likeness (QED) is 0.531. The zero-order chi connectivity index (χ0) is 18.4. The summed E-state index contributed by atoms with van der Waals surface area (Å²) in [5, 5.41) is 1.25. The van der Waals surface area contributed by atoms with Crippen LogP contribution < -0.4 is 5.76 Å². The van der Waals surface area contributed by atoms with Crippen LogP contribution in [0.15, 0.2) is 51.7 Å². The Kier molecular flexibility index (Phi) is 4.10. The minimum Gasteiger partial charge on any atom is -0.408 e. The second-order valence-corrected chi connectivity index (χ2v) is 8.38. The second-order valence-electron chi connectivity index (χ2n) is 7.32. The van der Waals surface area contributed by atoms with Gasteiger partial charge in [0.15, 0.2) is 5.58 Å². The molecule has 0 unspecified atom stereocenters. The molecule has 2 aromatic heterocycles. The van der Waals surface area contributed by atoms with E-state index in [4.69, 9.17) is 9.40 Å². The van der Waals surface area contributed by atoms with E-state index in [1.807, 2.05) is 42.5 Å². The maximum Gasteiger partial charge on any atom is 0.421 e. The highest BCUT2D eigenvalue weighted by atomic mass is 32.1. The van der Waals surface area contributed by atoms with E-state index in [1.165, 1.54) is 9.71 Å². The van der Waals surface area contributed by atoms with Gasteiger partial charge in [-0.1, -0.05) is 18.2 Å². The van der Waals surface area contributed by atoms with Crippen LogP contribution in [0, 0.1) is 6.92 Å². The molecule has 1 aliphatic heterocycles. The summed E-state index contributed by atoms with van der Waals surface area (Å²) in [6.07, 6.45) is 2.15. The third-order valence-electron chi connectivity index (χ3n) is 5.41. The van der Waals surface area contributed by atoms with Crippen LogP contribution in [0.25, 0.3) is 21.3 Å². The molecule has 0 saturated carbocycles. The fraction of sp³-hybridized carbons (Fsp3) is 0.333. The van der Waals surface area contributed by atoms with Crippen LogP contribution in [0.5, 0.6) is 0 Å². The molecule has 27 heavy (non-hydrogen) atoms. The van der Waals surface area contributed by atoms with Gasteiger partial charge in [0.1, 0.15) is 0 Å². The van der Waals surface area contributed by atoms with Crippen LogP contribution in [0.4, 0.5) is 0 Å². The van der Waals surface area contributed by atoms with Crippen molar-refractivity contribution < 1.29 is 4.42 Å². The molecule has 0 spiro atoms. The molecule has 0 amide bonds. The zero-order valence-corrected chi connectivity index (χ0v) is 16.0. The zero-order valence-electron chi connectivity index (χ0n) is 15.2. The number of rotatable bonds is 3. The van der Waals surface area contributed by atoms with E-state index < -0.39 is 0 Å². The molecule has 1 aliphatic rings. The van der Waals surface area contributed by atoms with E-state index in [9.17, 15) is 4.79 Å². The van der Waals surface area contributed by atoms with Gasteiger partial charge in [0.2, 0.25) is 0 Å². The molecule has 1 fully saturated rings. The summed E-state index contributed by atoms with van der Waals surface area (Å²) in [6.45, 7) is 4.55. The summed E-state index contributed by atoms with van der Waals surface area (Å²) in [5.41, 5.74) is 3.78. The number of nitrogens with zero attached hydrogens (tertiary/aromatic N) is 3. The third-order valence-corrected chi connectivity index (χ3v) is 6.61. The fourth-order valence-corrected chi connectivity index (χ4v) is 5.03. The summed E-state index contributed by atoms with van der Waals surface area (Å²) < 4.78 is 8.41. The summed E-state index contributed by atoms with van der Waals surface area (Å²) in [6, 6.07) is 14.2. The lowest BCUT2D eigenvalue weighted by atomic mass is 9.98. The van der Waals surface area contributed by atoms with Crippen molar-refractivity contribution in [1.82, 2.24) is 14.5 Å². The van der Waals surface area contributed by atoms with Crippen LogP contribution in [0.3, 0.4) is 0 Å². The Morgan fingerprint density at radius 1 is 1.19 bits per heavy atom. The van der Waals surface area contributed by atoms with Crippen LogP contribution in [0.1, 0.15) is 29.3 Å². The van der Waals surface area contributed by atoms with Gasteiger partial charge in [-0.2, -0.15) is 0 Å². The minimum atomic E-state index is -0.274. The lowest BCUT2D eigenvalue weighted by molar-refractivity contribution is 0.167. The molecule has 0 atom stereocenters. The highest BCUT2D eigenvalue weighted by molar-refractivity contribution is 7.18. The first-order valence-corrected chi connectivity index (χ1v) is 10.2. The lowest BCUT2D eigenvalue weighted by Crippen LogP contribution is -2.36. The average Bonchev–Trinajstić information content (AvgIpc) is 3.24. The van der Waals surface area contributed by atoms with Gasteiger partial charge < -0.3 is 4.42 Å². The molecule has 2 aromatic carbocycles. The molecule has 4 aromatic rings. The number of benzene rings is 2. The van der Waals surface area contributed by atoms with Gasteiger partial charge in [-0.15, -0.1) is 11.3 Å². The van der Waals surface area contributed by atoms with Crippen LogP contribution >= 0.6 is 11.3 Å². The van der Waals surface area contributed by atoms with Crippen LogP contribution in [-0.4, -0.2) is 27.5 Å². The first-order chi connectivity index (χ1) is 13.2. The molecule has 0 bridgehead atoms. The fourth-order valence-electron chi connectivity index (χ4n) is 3.89. The number of piperidine rings is 1. The molecular formula is C21H21N3O2S. The third kappa shape index (κ3) is 3.09. The van der Waals surface area contributed by atoms with Crippen molar-refractivity contribution in [3.8, 4) is 0 Å². The second kappa shape index (κ2) is 6.62. The van der Waals surface area contributed by atoms with Crippen molar-refractivity contribution in [3.63, 3.8) is 0 Å². The number of oxazole rings is 1. The van der Waals surface area contributed by atoms with E-state index in [1.54, 1.807) is 4.57 Å². The van der Waals surface area contributed by atoms with E-state index in [0.717, 1.165) is 42.5 Å². The number of aryl methyl sites for hydroxylation is 1. The van der Waals surface area contributed by atoms with E-state index in [0.29, 0.717) is 18.2 Å². The maximum atomic E-state index is 12.3. The number of fused-ring (bicyclic) bond motifs is 2. The van der Waals surface area contributed by atoms with Crippen molar-refractivity contribution in [2.45, 2.75) is 32.4 Å². The van der Waals surface area contributed by atoms with Gasteiger partial charge in [-0.25, -0.2) is 9.78 Å². The summed E-state index contributed by atoms with van der Waals surface area (Å²) in [4.78, 5) is 19.4. The normalized spacial score (nSPS) is 16.5. The highest BCUT2D eigenvalue weighted by Crippen LogP contribution is 2.34. The molecule has 5 nitrogen and oxygen atoms in total. The lowest BCUT2D eigenvalue weighted by Gasteiger charge is -2.30. The van der Waals surface area contributed by atoms with Crippen LogP contribution in [-0.2, 0) is 6.67 Å². The molecule has 5 rings (SSSR count). The predicted octanol–water partition coefficient (Wildman–Crippen LogP) is 4.35. The Labute approximate surface area is 160 Å². The van der Waals surface area contributed by atoms with Gasteiger partial charge in [0, 0.05) is 19.0 Å². The summed E-state index contributed by atoms with van der Waals surface area (Å²) in [7, 11) is 0. The number of aromatic nitrogens is 2. The largest absolute Gasteiger partial charge is 0.421 e. The number of hydrogen-bond acceptors (Lipinski definition) is 5. The summed E-state index contributed by atoms with van der Waals surface area (Å²) >= 11 is 1.82. The summed E-state index contributed by atoms with van der Waals surface area (Å²) in [5.74, 6) is 0.239. The van der Waals surface area contributed by atoms with Gasteiger partial charge in [-0.05, 0) is 49.6 Å². The molecule has 0 radical (unpaired) electrons. The molecule has 138 valence electrons. The highest BCUT2D eigenvalue weighted by Gasteiger charge is 2.24. The number of likely N-dealkylation sites (tertiary alicyclic amines) is 1. The number of para-hydroxylation sites is 1. The molecule has 0 aliphatic carbocycles. The minimum absolute atomic E-state index is 0.274. The van der Waals surface area contributed by atoms with Gasteiger partial charge >= 0.3 is 5.76 Å². The first-order valence-electron chi connectivity index (χ1n) is 9.35. The van der Waals surface area contributed by atoms with E-state index >= 15 is 0 Å². The van der Waals surface area contributed by atoms with Crippen molar-refractivity contribution in [1.29, 1.82) is 0 Å². The Bertz CT molecular complexity index is 1130. The van der Waals surface area contributed by atoms with E-state index in [-0.39, 0.29) is 5.76 Å². The first kappa shape index (κ1) is 16.7. The number of hydrogen-bond donors (Lipinski definition) is 0. The van der Waals surface area contributed by atoms with Gasteiger partial charge in [-0.3, -0.25) is 9.47 Å². The van der Waals surface area contributed by atoms with Gasteiger partial charge in [0.05, 0.1) is 27.4 Å². The van der Waals surface area contributed by atoms with E-state index in [2.05, 4.69) is 23.1 Å². The topological polar surface area (TPSA) is 51.3 Å². The van der Waals surface area contributed by atoms with Crippen LogP contribution in [0.2, 0.25) is 0 Å². The maximum absolute atomic E-state index is 12.3. The van der Waals surface area contributed by atoms with Crippen molar-refractivity contribution in [3.05, 3.63) is 63.6 Å². The molecule has 0 N–H and O–H groups in total. The molecular weight excluding hydrogens is 358 g/mol. The Balaban J connectivity index is 1.32. The molecule has 6 heteroatoms. The molecule has 3 heterocycles. The molecule has 1 saturated heterocycles. The number of thiazole rings is 1. The predicted molar refractivity (Wildman–Crippen MR) is 108 cm³/mol. The monoisotopic (exact) mass is 379 g/mol. The smallest absolute Gasteiger partial charge is 0.408 e. The van der Waals surface area contributed by atoms with Crippen molar-refractivity contribution in [2.75, 3.05) is 13.1 Å².